The zero-order valence-corrected chi connectivity index (χ0v) is 15.3. The lowest BCUT2D eigenvalue weighted by molar-refractivity contribution is 0.354. The van der Waals surface area contributed by atoms with Crippen LogP contribution in [0.5, 0.6) is 11.5 Å². The maximum absolute atomic E-state index is 5.33. The number of nitrogens with one attached hydrogen (secondary N) is 2. The van der Waals surface area contributed by atoms with Crippen LogP contribution in [0.1, 0.15) is 17.0 Å². The molecule has 25 heavy (non-hydrogen) atoms. The van der Waals surface area contributed by atoms with Gasteiger partial charge in [-0.1, -0.05) is 12.1 Å². The maximum atomic E-state index is 5.33. The van der Waals surface area contributed by atoms with Crippen molar-refractivity contribution in [1.29, 1.82) is 0 Å². The van der Waals surface area contributed by atoms with Crippen LogP contribution in [0.4, 0.5) is 0 Å². The number of guanidine groups is 1. The van der Waals surface area contributed by atoms with Crippen LogP contribution in [0, 0.1) is 6.92 Å². The molecule has 2 aromatic rings. The van der Waals surface area contributed by atoms with Gasteiger partial charge < -0.3 is 20.1 Å². The van der Waals surface area contributed by atoms with Crippen molar-refractivity contribution in [2.75, 3.05) is 27.8 Å². The van der Waals surface area contributed by atoms with Crippen LogP contribution in [0.2, 0.25) is 0 Å². The van der Waals surface area contributed by atoms with Crippen LogP contribution in [-0.2, 0) is 13.0 Å². The van der Waals surface area contributed by atoms with E-state index in [0.29, 0.717) is 6.54 Å². The molecule has 0 aliphatic heterocycles. The fourth-order valence-corrected chi connectivity index (χ4v) is 2.45. The van der Waals surface area contributed by atoms with Gasteiger partial charge >= 0.3 is 0 Å². The molecule has 0 radical (unpaired) electrons. The van der Waals surface area contributed by atoms with Gasteiger partial charge in [-0.2, -0.15) is 0 Å². The molecule has 0 aliphatic carbocycles. The molecule has 0 amide bonds. The van der Waals surface area contributed by atoms with Crippen molar-refractivity contribution in [3.05, 3.63) is 53.3 Å². The maximum Gasteiger partial charge on any atom is 0.191 e. The van der Waals surface area contributed by atoms with Gasteiger partial charge in [0.15, 0.2) is 17.5 Å². The molecule has 134 valence electrons. The van der Waals surface area contributed by atoms with Crippen molar-refractivity contribution in [2.45, 2.75) is 19.9 Å². The van der Waals surface area contributed by atoms with Crippen LogP contribution in [0.3, 0.4) is 0 Å². The average molecular weight is 342 g/mol. The van der Waals surface area contributed by atoms with Crippen molar-refractivity contribution in [3.63, 3.8) is 0 Å². The van der Waals surface area contributed by atoms with E-state index >= 15 is 0 Å². The summed E-state index contributed by atoms with van der Waals surface area (Å²) in [5.41, 5.74) is 3.17. The van der Waals surface area contributed by atoms with Gasteiger partial charge in [0.05, 0.1) is 26.5 Å². The van der Waals surface area contributed by atoms with E-state index < -0.39 is 0 Å². The summed E-state index contributed by atoms with van der Waals surface area (Å²) in [6, 6.07) is 11.9. The summed E-state index contributed by atoms with van der Waals surface area (Å²) in [5, 5.41) is 6.58. The monoisotopic (exact) mass is 342 g/mol. The van der Waals surface area contributed by atoms with E-state index in [1.807, 2.05) is 43.3 Å². The third-order valence-corrected chi connectivity index (χ3v) is 3.76. The van der Waals surface area contributed by atoms with E-state index in [1.165, 1.54) is 5.56 Å². The molecule has 1 aromatic heterocycles. The molecule has 0 aliphatic rings. The third kappa shape index (κ3) is 5.67. The highest BCUT2D eigenvalue weighted by Crippen LogP contribution is 2.27. The molecular formula is C19H26N4O2. The lowest BCUT2D eigenvalue weighted by Crippen LogP contribution is -2.38. The van der Waals surface area contributed by atoms with Gasteiger partial charge in [-0.25, -0.2) is 0 Å². The van der Waals surface area contributed by atoms with Crippen molar-refractivity contribution in [2.24, 2.45) is 4.99 Å². The first kappa shape index (κ1) is 18.6. The van der Waals surface area contributed by atoms with Gasteiger partial charge in [0, 0.05) is 19.3 Å². The second-order valence-corrected chi connectivity index (χ2v) is 5.56. The first-order valence-corrected chi connectivity index (χ1v) is 8.24. The number of pyridine rings is 1. The summed E-state index contributed by atoms with van der Waals surface area (Å²) in [5.74, 6) is 2.24. The molecule has 2 N–H and O–H groups in total. The van der Waals surface area contributed by atoms with Crippen molar-refractivity contribution >= 4 is 5.96 Å². The molecule has 0 spiro atoms. The predicted molar refractivity (Wildman–Crippen MR) is 100 cm³/mol. The number of nitrogens with zero attached hydrogens (tertiary/aromatic N) is 2. The normalized spacial score (nSPS) is 11.1. The number of ether oxygens (including phenoxy) is 2. The molecule has 6 heteroatoms. The molecule has 0 atom stereocenters. The minimum absolute atomic E-state index is 0.637. The van der Waals surface area contributed by atoms with E-state index in [4.69, 9.17) is 9.47 Å². The van der Waals surface area contributed by atoms with Crippen LogP contribution in [-0.4, -0.2) is 38.8 Å². The summed E-state index contributed by atoms with van der Waals surface area (Å²) in [6.45, 7) is 3.38. The van der Waals surface area contributed by atoms with E-state index in [1.54, 1.807) is 21.3 Å². The zero-order valence-electron chi connectivity index (χ0n) is 15.3. The standard InChI is InChI=1S/C19H26N4O2/c1-14-6-5-7-16(23-14)13-22-19(20-2)21-11-10-15-8-9-17(24-3)18(12-15)25-4/h5-9,12H,10-11,13H2,1-4H3,(H2,20,21,22). The molecule has 0 bridgehead atoms. The first-order chi connectivity index (χ1) is 12.2. The molecule has 1 aromatic carbocycles. The Balaban J connectivity index is 1.83. The first-order valence-electron chi connectivity index (χ1n) is 8.24. The molecule has 0 saturated carbocycles. The van der Waals surface area contributed by atoms with E-state index in [-0.39, 0.29) is 0 Å². The Bertz CT molecular complexity index is 716. The molecule has 0 unspecified atom stereocenters. The lowest BCUT2D eigenvalue weighted by atomic mass is 10.1. The second-order valence-electron chi connectivity index (χ2n) is 5.56. The minimum atomic E-state index is 0.637. The Kier molecular flexibility index (Phi) is 7.07. The SMILES string of the molecule is CN=C(NCCc1ccc(OC)c(OC)c1)NCc1cccc(C)n1. The van der Waals surface area contributed by atoms with E-state index in [9.17, 15) is 0 Å². The number of hydrogen-bond donors (Lipinski definition) is 2. The summed E-state index contributed by atoms with van der Waals surface area (Å²) >= 11 is 0. The molecule has 6 nitrogen and oxygen atoms in total. The summed E-state index contributed by atoms with van der Waals surface area (Å²) in [7, 11) is 5.04. The summed E-state index contributed by atoms with van der Waals surface area (Å²) in [6.07, 6.45) is 0.851. The summed E-state index contributed by atoms with van der Waals surface area (Å²) in [4.78, 5) is 8.71. The van der Waals surface area contributed by atoms with Gasteiger partial charge in [-0.05, 0) is 43.2 Å². The average Bonchev–Trinajstić information content (AvgIpc) is 2.64. The van der Waals surface area contributed by atoms with Crippen LogP contribution in [0.25, 0.3) is 0 Å². The Morgan fingerprint density at radius 2 is 1.88 bits per heavy atom. The van der Waals surface area contributed by atoms with Crippen molar-refractivity contribution in [1.82, 2.24) is 15.6 Å². The Hall–Kier alpha value is -2.76. The molecule has 2 rings (SSSR count). The van der Waals surface area contributed by atoms with Crippen LogP contribution in [0.15, 0.2) is 41.4 Å². The number of benzene rings is 1. The fraction of sp³-hybridized carbons (Fsp3) is 0.368. The van der Waals surface area contributed by atoms with Crippen LogP contribution >= 0.6 is 0 Å². The Morgan fingerprint density at radius 1 is 1.08 bits per heavy atom. The fourth-order valence-electron chi connectivity index (χ4n) is 2.45. The minimum Gasteiger partial charge on any atom is -0.493 e. The number of aryl methyl sites for hydroxylation is 1. The second kappa shape index (κ2) is 9.52. The van der Waals surface area contributed by atoms with Gasteiger partial charge in [-0.15, -0.1) is 0 Å². The van der Waals surface area contributed by atoms with Gasteiger partial charge in [0.2, 0.25) is 0 Å². The Labute approximate surface area is 149 Å². The highest BCUT2D eigenvalue weighted by Gasteiger charge is 2.05. The Morgan fingerprint density at radius 3 is 2.56 bits per heavy atom. The number of methoxy groups -OCH3 is 2. The quantitative estimate of drug-likeness (QED) is 0.597. The third-order valence-electron chi connectivity index (χ3n) is 3.76. The van der Waals surface area contributed by atoms with Gasteiger partial charge in [-0.3, -0.25) is 9.98 Å². The molecule has 0 saturated heterocycles. The highest BCUT2D eigenvalue weighted by atomic mass is 16.5. The van der Waals surface area contributed by atoms with Crippen molar-refractivity contribution < 1.29 is 9.47 Å². The van der Waals surface area contributed by atoms with Gasteiger partial charge in [0.1, 0.15) is 0 Å². The number of aliphatic imine (C=N–C) groups is 1. The van der Waals surface area contributed by atoms with E-state index in [0.717, 1.165) is 41.8 Å². The number of rotatable bonds is 7. The van der Waals surface area contributed by atoms with E-state index in [2.05, 4.69) is 20.6 Å². The smallest absolute Gasteiger partial charge is 0.191 e. The van der Waals surface area contributed by atoms with Crippen LogP contribution < -0.4 is 20.1 Å². The molecular weight excluding hydrogens is 316 g/mol. The predicted octanol–water partition coefficient (Wildman–Crippen LogP) is 2.31. The van der Waals surface area contributed by atoms with Gasteiger partial charge in [0.25, 0.3) is 0 Å². The summed E-state index contributed by atoms with van der Waals surface area (Å²) < 4.78 is 10.6. The number of hydrogen-bond acceptors (Lipinski definition) is 4. The zero-order chi connectivity index (χ0) is 18.1. The topological polar surface area (TPSA) is 67.8 Å². The van der Waals surface area contributed by atoms with Crippen molar-refractivity contribution in [3.8, 4) is 11.5 Å². The lowest BCUT2D eigenvalue weighted by Gasteiger charge is -2.13. The largest absolute Gasteiger partial charge is 0.493 e. The highest BCUT2D eigenvalue weighted by molar-refractivity contribution is 5.79. The molecule has 0 fully saturated rings. The number of aromatic nitrogens is 1. The molecule has 1 heterocycles.